The Bertz CT molecular complexity index is 520. The van der Waals surface area contributed by atoms with E-state index in [1.165, 1.54) is 12.1 Å². The van der Waals surface area contributed by atoms with Crippen molar-refractivity contribution in [1.82, 2.24) is 9.97 Å². The fourth-order valence-electron chi connectivity index (χ4n) is 1.31. The molecule has 0 fully saturated rings. The van der Waals surface area contributed by atoms with Crippen LogP contribution in [0.3, 0.4) is 0 Å². The summed E-state index contributed by atoms with van der Waals surface area (Å²) in [7, 11) is 0. The van der Waals surface area contributed by atoms with E-state index in [4.69, 9.17) is 0 Å². The summed E-state index contributed by atoms with van der Waals surface area (Å²) in [6.07, 6.45) is -2.92. The molecule has 0 unspecified atom stereocenters. The minimum absolute atomic E-state index is 0.185. The maximum Gasteiger partial charge on any atom is 0.417 e. The molecule has 1 radical (unpaired) electrons. The first-order valence-electron chi connectivity index (χ1n) is 4.54. The smallest absolute Gasteiger partial charge is 0.233 e. The first-order chi connectivity index (χ1) is 7.98. The highest BCUT2D eigenvalue weighted by atomic mass is 19.4. The lowest BCUT2D eigenvalue weighted by Gasteiger charge is -2.10. The van der Waals surface area contributed by atoms with E-state index < -0.39 is 17.6 Å². The van der Waals surface area contributed by atoms with Crippen molar-refractivity contribution in [3.63, 3.8) is 0 Å². The van der Waals surface area contributed by atoms with Crippen LogP contribution in [0.15, 0.2) is 30.6 Å². The van der Waals surface area contributed by atoms with Crippen LogP contribution in [0.5, 0.6) is 0 Å². The normalized spacial score (nSPS) is 11.5. The molecule has 1 heterocycles. The Morgan fingerprint density at radius 3 is 2.35 bits per heavy atom. The topological polar surface area (TPSA) is 25.8 Å². The van der Waals surface area contributed by atoms with Gasteiger partial charge >= 0.3 is 6.18 Å². The molecule has 0 atom stereocenters. The number of hydrogen-bond acceptors (Lipinski definition) is 2. The van der Waals surface area contributed by atoms with Crippen molar-refractivity contribution in [2.45, 2.75) is 6.18 Å². The van der Waals surface area contributed by atoms with E-state index in [-0.39, 0.29) is 11.4 Å². The zero-order valence-electron chi connectivity index (χ0n) is 8.29. The van der Waals surface area contributed by atoms with Crippen molar-refractivity contribution in [2.75, 3.05) is 0 Å². The Hall–Kier alpha value is -1.98. The standard InChI is InChI=1S/C11H5F4N2/c12-7-5-16-10(17-6-7)8-3-1-2-4-9(8)11(13,14)15/h1-3,5-6H. The summed E-state index contributed by atoms with van der Waals surface area (Å²) in [6, 6.07) is 5.84. The predicted octanol–water partition coefficient (Wildman–Crippen LogP) is 3.10. The van der Waals surface area contributed by atoms with E-state index in [9.17, 15) is 17.6 Å². The summed E-state index contributed by atoms with van der Waals surface area (Å²) < 4.78 is 50.5. The maximum absolute atomic E-state index is 12.7. The summed E-state index contributed by atoms with van der Waals surface area (Å²) in [6.45, 7) is 0. The molecule has 0 saturated carbocycles. The number of benzene rings is 1. The van der Waals surface area contributed by atoms with Gasteiger partial charge < -0.3 is 0 Å². The number of aromatic nitrogens is 2. The highest BCUT2D eigenvalue weighted by Gasteiger charge is 2.34. The van der Waals surface area contributed by atoms with Crippen LogP contribution in [-0.2, 0) is 6.18 Å². The molecule has 0 aliphatic rings. The first-order valence-corrected chi connectivity index (χ1v) is 4.54. The van der Waals surface area contributed by atoms with Crippen molar-refractivity contribution >= 4 is 0 Å². The van der Waals surface area contributed by atoms with Crippen molar-refractivity contribution in [1.29, 1.82) is 0 Å². The van der Waals surface area contributed by atoms with E-state index in [2.05, 4.69) is 16.0 Å². The molecule has 0 spiro atoms. The molecular formula is C11H5F4N2. The zero-order valence-corrected chi connectivity index (χ0v) is 8.29. The molecule has 6 heteroatoms. The highest BCUT2D eigenvalue weighted by Crippen LogP contribution is 2.35. The van der Waals surface area contributed by atoms with E-state index in [0.29, 0.717) is 0 Å². The van der Waals surface area contributed by atoms with Crippen LogP contribution >= 0.6 is 0 Å². The van der Waals surface area contributed by atoms with E-state index in [1.54, 1.807) is 0 Å². The second-order valence-corrected chi connectivity index (χ2v) is 3.18. The second-order valence-electron chi connectivity index (χ2n) is 3.18. The number of nitrogens with zero attached hydrogens (tertiary/aromatic N) is 2. The molecule has 2 aromatic rings. The van der Waals surface area contributed by atoms with Crippen molar-refractivity contribution < 1.29 is 17.6 Å². The van der Waals surface area contributed by atoms with E-state index in [0.717, 1.165) is 18.5 Å². The van der Waals surface area contributed by atoms with Gasteiger partial charge in [-0.05, 0) is 6.07 Å². The lowest BCUT2D eigenvalue weighted by molar-refractivity contribution is -0.137. The van der Waals surface area contributed by atoms with Gasteiger partial charge in [0.05, 0.1) is 18.0 Å². The van der Waals surface area contributed by atoms with Gasteiger partial charge in [-0.3, -0.25) is 0 Å². The Morgan fingerprint density at radius 2 is 1.76 bits per heavy atom. The van der Waals surface area contributed by atoms with E-state index >= 15 is 0 Å². The first kappa shape index (κ1) is 11.5. The fraction of sp³-hybridized carbons (Fsp3) is 0.0909. The number of hydrogen-bond donors (Lipinski definition) is 0. The molecule has 0 saturated heterocycles. The van der Waals surface area contributed by atoms with Gasteiger partial charge in [0.15, 0.2) is 11.6 Å². The molecule has 0 N–H and O–H groups in total. The summed E-state index contributed by atoms with van der Waals surface area (Å²) in [5, 5.41) is 0. The van der Waals surface area contributed by atoms with Gasteiger partial charge in [0, 0.05) is 5.56 Å². The van der Waals surface area contributed by atoms with Gasteiger partial charge in [-0.2, -0.15) is 13.2 Å². The average Bonchev–Trinajstić information content (AvgIpc) is 2.29. The van der Waals surface area contributed by atoms with E-state index in [1.807, 2.05) is 0 Å². The Balaban J connectivity index is 2.56. The van der Waals surface area contributed by atoms with Crippen LogP contribution in [0.4, 0.5) is 17.6 Å². The van der Waals surface area contributed by atoms with Crippen LogP contribution in [-0.4, -0.2) is 9.97 Å². The summed E-state index contributed by atoms with van der Waals surface area (Å²) in [5.74, 6) is -0.891. The van der Waals surface area contributed by atoms with Gasteiger partial charge in [-0.15, -0.1) is 0 Å². The summed E-state index contributed by atoms with van der Waals surface area (Å²) in [5.41, 5.74) is -1.19. The lowest BCUT2D eigenvalue weighted by atomic mass is 10.1. The molecule has 0 amide bonds. The Kier molecular flexibility index (Phi) is 2.79. The van der Waals surface area contributed by atoms with Crippen LogP contribution in [0, 0.1) is 11.9 Å². The highest BCUT2D eigenvalue weighted by molar-refractivity contribution is 5.60. The summed E-state index contributed by atoms with van der Waals surface area (Å²) >= 11 is 0. The van der Waals surface area contributed by atoms with Crippen molar-refractivity contribution in [3.8, 4) is 11.4 Å². The van der Waals surface area contributed by atoms with Crippen LogP contribution in [0.25, 0.3) is 11.4 Å². The van der Waals surface area contributed by atoms with Gasteiger partial charge in [-0.25, -0.2) is 14.4 Å². The third kappa shape index (κ3) is 2.41. The Morgan fingerprint density at radius 1 is 1.12 bits per heavy atom. The Labute approximate surface area is 94.0 Å². The monoisotopic (exact) mass is 241 g/mol. The molecule has 87 valence electrons. The average molecular weight is 241 g/mol. The summed E-state index contributed by atoms with van der Waals surface area (Å²) in [4.78, 5) is 7.03. The van der Waals surface area contributed by atoms with Crippen LogP contribution < -0.4 is 0 Å². The molecule has 1 aromatic carbocycles. The van der Waals surface area contributed by atoms with Gasteiger partial charge in [0.25, 0.3) is 0 Å². The van der Waals surface area contributed by atoms with Crippen molar-refractivity contribution in [2.24, 2.45) is 0 Å². The SMILES string of the molecule is Fc1cnc(-c2ccc[c]c2C(F)(F)F)nc1. The van der Waals surface area contributed by atoms with Gasteiger partial charge in [-0.1, -0.05) is 18.2 Å². The molecule has 2 rings (SSSR count). The molecule has 2 nitrogen and oxygen atoms in total. The number of halogens is 4. The zero-order chi connectivity index (χ0) is 12.5. The maximum atomic E-state index is 12.7. The predicted molar refractivity (Wildman–Crippen MR) is 51.3 cm³/mol. The van der Waals surface area contributed by atoms with Crippen LogP contribution in [0.1, 0.15) is 5.56 Å². The van der Waals surface area contributed by atoms with Gasteiger partial charge in [0.1, 0.15) is 0 Å². The second kappa shape index (κ2) is 4.12. The quantitative estimate of drug-likeness (QED) is 0.717. The van der Waals surface area contributed by atoms with Gasteiger partial charge in [0.2, 0.25) is 0 Å². The molecule has 0 bridgehead atoms. The fourth-order valence-corrected chi connectivity index (χ4v) is 1.31. The minimum atomic E-state index is -4.55. The minimum Gasteiger partial charge on any atom is -0.233 e. The van der Waals surface area contributed by atoms with Crippen LogP contribution in [0.2, 0.25) is 0 Å². The largest absolute Gasteiger partial charge is 0.417 e. The third-order valence-corrected chi connectivity index (χ3v) is 2.00. The molecule has 17 heavy (non-hydrogen) atoms. The molecule has 1 aromatic heterocycles. The molecule has 0 aliphatic carbocycles. The molecular weight excluding hydrogens is 236 g/mol. The van der Waals surface area contributed by atoms with Crippen molar-refractivity contribution in [3.05, 3.63) is 48.0 Å². The lowest BCUT2D eigenvalue weighted by Crippen LogP contribution is -2.08. The number of alkyl halides is 3. The number of rotatable bonds is 1. The molecule has 0 aliphatic heterocycles. The third-order valence-electron chi connectivity index (χ3n) is 2.00.